The maximum Gasteiger partial charge on any atom is 0.387 e. The second kappa shape index (κ2) is 4.60. The molecule has 4 heteroatoms. The standard InChI is InChI=1S/C10H10ClF2O/c1-6(2)8-5-7(11)3-4-9(8)14-10(12)13/h3-5,10H,1-2H3. The summed E-state index contributed by atoms with van der Waals surface area (Å²) in [4.78, 5) is 0. The van der Waals surface area contributed by atoms with Crippen LogP contribution in [0.25, 0.3) is 0 Å². The highest BCUT2D eigenvalue weighted by molar-refractivity contribution is 6.30. The second-order valence-electron chi connectivity index (χ2n) is 3.02. The Kier molecular flexibility index (Phi) is 3.69. The monoisotopic (exact) mass is 219 g/mol. The van der Waals surface area contributed by atoms with E-state index in [0.29, 0.717) is 10.6 Å². The Morgan fingerprint density at radius 2 is 2.00 bits per heavy atom. The summed E-state index contributed by atoms with van der Waals surface area (Å²) in [5, 5.41) is 0.503. The number of rotatable bonds is 3. The summed E-state index contributed by atoms with van der Waals surface area (Å²) in [7, 11) is 0. The molecule has 0 heterocycles. The van der Waals surface area contributed by atoms with Crippen LogP contribution < -0.4 is 4.74 Å². The number of benzene rings is 1. The third-order valence-corrected chi connectivity index (χ3v) is 1.93. The van der Waals surface area contributed by atoms with Crippen LogP contribution in [0.5, 0.6) is 5.75 Å². The van der Waals surface area contributed by atoms with Gasteiger partial charge in [-0.2, -0.15) is 8.78 Å². The molecule has 1 aromatic rings. The van der Waals surface area contributed by atoms with E-state index in [2.05, 4.69) is 4.74 Å². The van der Waals surface area contributed by atoms with Crippen LogP contribution in [0.2, 0.25) is 5.02 Å². The number of hydrogen-bond acceptors (Lipinski definition) is 1. The van der Waals surface area contributed by atoms with Gasteiger partial charge in [0.25, 0.3) is 0 Å². The Hall–Kier alpha value is -0.830. The molecular formula is C10H10ClF2O. The number of halogens is 3. The normalized spacial score (nSPS) is 11.1. The summed E-state index contributed by atoms with van der Waals surface area (Å²) in [6.45, 7) is 0.808. The molecule has 0 aliphatic heterocycles. The first-order valence-electron chi connectivity index (χ1n) is 4.05. The van der Waals surface area contributed by atoms with E-state index in [1.165, 1.54) is 12.1 Å². The van der Waals surface area contributed by atoms with Crippen molar-refractivity contribution >= 4 is 11.6 Å². The molecule has 0 saturated carbocycles. The van der Waals surface area contributed by atoms with Crippen LogP contribution in [0, 0.1) is 5.92 Å². The van der Waals surface area contributed by atoms with Crippen molar-refractivity contribution in [3.8, 4) is 5.75 Å². The van der Waals surface area contributed by atoms with Gasteiger partial charge >= 0.3 is 6.61 Å². The molecule has 0 aromatic heterocycles. The number of alkyl halides is 2. The topological polar surface area (TPSA) is 9.23 Å². The molecule has 0 atom stereocenters. The Morgan fingerprint density at radius 3 is 2.50 bits per heavy atom. The number of hydrogen-bond donors (Lipinski definition) is 0. The molecule has 0 fully saturated rings. The maximum absolute atomic E-state index is 12.0. The zero-order valence-electron chi connectivity index (χ0n) is 7.85. The third-order valence-electron chi connectivity index (χ3n) is 1.70. The predicted molar refractivity (Wildman–Crippen MR) is 51.8 cm³/mol. The van der Waals surface area contributed by atoms with E-state index in [-0.39, 0.29) is 5.75 Å². The van der Waals surface area contributed by atoms with Crippen LogP contribution in [0.1, 0.15) is 19.4 Å². The van der Waals surface area contributed by atoms with Crippen molar-refractivity contribution in [2.75, 3.05) is 0 Å². The molecule has 0 aliphatic rings. The van der Waals surface area contributed by atoms with Gasteiger partial charge in [0.15, 0.2) is 0 Å². The van der Waals surface area contributed by atoms with Crippen molar-refractivity contribution in [2.24, 2.45) is 0 Å². The lowest BCUT2D eigenvalue weighted by Gasteiger charge is -2.12. The summed E-state index contributed by atoms with van der Waals surface area (Å²) in [6.07, 6.45) is 0. The Bertz CT molecular complexity index is 313. The minimum absolute atomic E-state index is 0.157. The summed E-state index contributed by atoms with van der Waals surface area (Å²) >= 11 is 5.74. The van der Waals surface area contributed by atoms with Crippen LogP contribution in [0.3, 0.4) is 0 Å². The quantitative estimate of drug-likeness (QED) is 0.749. The van der Waals surface area contributed by atoms with Gasteiger partial charge in [-0.25, -0.2) is 0 Å². The first-order chi connectivity index (χ1) is 6.50. The molecule has 0 bridgehead atoms. The van der Waals surface area contributed by atoms with Crippen LogP contribution in [0.15, 0.2) is 18.2 Å². The molecule has 1 nitrogen and oxygen atoms in total. The van der Waals surface area contributed by atoms with Crippen LogP contribution in [-0.2, 0) is 0 Å². The summed E-state index contributed by atoms with van der Waals surface area (Å²) in [6, 6.07) is 4.57. The molecular weight excluding hydrogens is 210 g/mol. The third kappa shape index (κ3) is 2.84. The van der Waals surface area contributed by atoms with Gasteiger partial charge in [-0.3, -0.25) is 0 Å². The largest absolute Gasteiger partial charge is 0.435 e. The first-order valence-corrected chi connectivity index (χ1v) is 4.43. The van der Waals surface area contributed by atoms with Crippen molar-refractivity contribution in [3.63, 3.8) is 0 Å². The second-order valence-corrected chi connectivity index (χ2v) is 3.46. The summed E-state index contributed by atoms with van der Waals surface area (Å²) in [5.74, 6) is 1.03. The molecule has 0 unspecified atom stereocenters. The van der Waals surface area contributed by atoms with E-state index in [9.17, 15) is 8.78 Å². The fraction of sp³-hybridized carbons (Fsp3) is 0.300. The Morgan fingerprint density at radius 1 is 1.36 bits per heavy atom. The van der Waals surface area contributed by atoms with E-state index in [0.717, 1.165) is 5.92 Å². The van der Waals surface area contributed by atoms with Gasteiger partial charge < -0.3 is 4.74 Å². The highest BCUT2D eigenvalue weighted by Gasteiger charge is 2.12. The van der Waals surface area contributed by atoms with E-state index in [1.54, 1.807) is 6.07 Å². The highest BCUT2D eigenvalue weighted by Crippen LogP contribution is 2.29. The zero-order chi connectivity index (χ0) is 10.7. The molecule has 0 amide bonds. The lowest BCUT2D eigenvalue weighted by atomic mass is 10.0. The Balaban J connectivity index is 3.02. The van der Waals surface area contributed by atoms with Crippen molar-refractivity contribution in [1.29, 1.82) is 0 Å². The minimum Gasteiger partial charge on any atom is -0.435 e. The van der Waals surface area contributed by atoms with E-state index in [1.807, 2.05) is 13.8 Å². The number of ether oxygens (including phenoxy) is 1. The predicted octanol–water partition coefficient (Wildman–Crippen LogP) is 3.90. The van der Waals surface area contributed by atoms with Gasteiger partial charge in [0.1, 0.15) is 5.75 Å². The van der Waals surface area contributed by atoms with Crippen molar-refractivity contribution in [2.45, 2.75) is 20.5 Å². The SMILES string of the molecule is C[C](C)c1cc(Cl)ccc1OC(F)F. The molecule has 0 N–H and O–H groups in total. The summed E-state index contributed by atoms with van der Waals surface area (Å²) < 4.78 is 28.3. The smallest absolute Gasteiger partial charge is 0.387 e. The molecule has 1 aromatic carbocycles. The Labute approximate surface area is 86.6 Å². The fourth-order valence-electron chi connectivity index (χ4n) is 1.09. The lowest BCUT2D eigenvalue weighted by molar-refractivity contribution is -0.0502. The lowest BCUT2D eigenvalue weighted by Crippen LogP contribution is -2.05. The van der Waals surface area contributed by atoms with Crippen molar-refractivity contribution in [1.82, 2.24) is 0 Å². The van der Waals surface area contributed by atoms with Gasteiger partial charge in [-0.1, -0.05) is 25.4 Å². The molecule has 14 heavy (non-hydrogen) atoms. The van der Waals surface area contributed by atoms with Crippen LogP contribution >= 0.6 is 11.6 Å². The molecule has 77 valence electrons. The van der Waals surface area contributed by atoms with Gasteiger partial charge in [-0.05, 0) is 18.2 Å². The average molecular weight is 220 g/mol. The van der Waals surface area contributed by atoms with E-state index >= 15 is 0 Å². The molecule has 1 rings (SSSR count). The highest BCUT2D eigenvalue weighted by atomic mass is 35.5. The van der Waals surface area contributed by atoms with Gasteiger partial charge in [-0.15, -0.1) is 0 Å². The van der Waals surface area contributed by atoms with E-state index in [4.69, 9.17) is 11.6 Å². The van der Waals surface area contributed by atoms with Gasteiger partial charge in [0, 0.05) is 16.5 Å². The maximum atomic E-state index is 12.0. The molecule has 0 aliphatic carbocycles. The minimum atomic E-state index is -2.81. The summed E-state index contributed by atoms with van der Waals surface area (Å²) in [5.41, 5.74) is 0.609. The van der Waals surface area contributed by atoms with Gasteiger partial charge in [0.05, 0.1) is 0 Å². The van der Waals surface area contributed by atoms with Crippen molar-refractivity contribution < 1.29 is 13.5 Å². The van der Waals surface area contributed by atoms with E-state index < -0.39 is 6.61 Å². The van der Waals surface area contributed by atoms with Crippen LogP contribution in [0.4, 0.5) is 8.78 Å². The molecule has 1 radical (unpaired) electrons. The molecule has 0 spiro atoms. The van der Waals surface area contributed by atoms with Crippen molar-refractivity contribution in [3.05, 3.63) is 34.7 Å². The zero-order valence-corrected chi connectivity index (χ0v) is 8.61. The molecule has 0 saturated heterocycles. The van der Waals surface area contributed by atoms with Crippen LogP contribution in [-0.4, -0.2) is 6.61 Å². The average Bonchev–Trinajstić information content (AvgIpc) is 2.07. The first kappa shape index (κ1) is 11.2. The fourth-order valence-corrected chi connectivity index (χ4v) is 1.26. The van der Waals surface area contributed by atoms with Gasteiger partial charge in [0.2, 0.25) is 0 Å².